The molecule has 0 radical (unpaired) electrons. The molecule has 0 saturated heterocycles. The van der Waals surface area contributed by atoms with Crippen molar-refractivity contribution < 1.29 is 9.13 Å². The van der Waals surface area contributed by atoms with Crippen LogP contribution in [0.4, 0.5) is 10.1 Å². The molecule has 1 N–H and O–H groups in total. The summed E-state index contributed by atoms with van der Waals surface area (Å²) in [4.78, 5) is 0. The number of ether oxygens (including phenoxy) is 1. The summed E-state index contributed by atoms with van der Waals surface area (Å²) in [7, 11) is 1.48. The van der Waals surface area contributed by atoms with Crippen molar-refractivity contribution in [3.63, 3.8) is 0 Å². The molecule has 1 aliphatic carbocycles. The highest BCUT2D eigenvalue weighted by atomic mass is 19.1. The van der Waals surface area contributed by atoms with Gasteiger partial charge < -0.3 is 10.1 Å². The highest BCUT2D eigenvalue weighted by Crippen LogP contribution is 2.29. The van der Waals surface area contributed by atoms with E-state index in [1.807, 2.05) is 6.07 Å². The second kappa shape index (κ2) is 6.07. The zero-order valence-corrected chi connectivity index (χ0v) is 11.2. The van der Waals surface area contributed by atoms with Crippen LogP contribution >= 0.6 is 0 Å². The SMILES string of the molecule is CCC1CCCC(Nc2ccc(OC)c(F)c2)C1. The van der Waals surface area contributed by atoms with Crippen LogP contribution in [-0.2, 0) is 0 Å². The number of hydrogen-bond acceptors (Lipinski definition) is 2. The predicted molar refractivity (Wildman–Crippen MR) is 72.6 cm³/mol. The van der Waals surface area contributed by atoms with Crippen LogP contribution in [0.5, 0.6) is 5.75 Å². The van der Waals surface area contributed by atoms with Gasteiger partial charge >= 0.3 is 0 Å². The number of nitrogens with one attached hydrogen (secondary N) is 1. The molecule has 0 heterocycles. The average Bonchev–Trinajstić information content (AvgIpc) is 2.39. The summed E-state index contributed by atoms with van der Waals surface area (Å²) >= 11 is 0. The normalized spacial score (nSPS) is 23.7. The Bertz CT molecular complexity index is 394. The topological polar surface area (TPSA) is 21.3 Å². The quantitative estimate of drug-likeness (QED) is 0.865. The van der Waals surface area contributed by atoms with Gasteiger partial charge in [-0.2, -0.15) is 0 Å². The molecule has 100 valence electrons. The second-order valence-electron chi connectivity index (χ2n) is 5.13. The van der Waals surface area contributed by atoms with Crippen LogP contribution in [0.3, 0.4) is 0 Å². The van der Waals surface area contributed by atoms with Crippen LogP contribution in [0.1, 0.15) is 39.0 Å². The van der Waals surface area contributed by atoms with Gasteiger partial charge in [-0.25, -0.2) is 4.39 Å². The van der Waals surface area contributed by atoms with Crippen LogP contribution in [-0.4, -0.2) is 13.2 Å². The third-order valence-electron chi connectivity index (χ3n) is 3.88. The molecule has 1 fully saturated rings. The van der Waals surface area contributed by atoms with Crippen molar-refractivity contribution in [2.45, 2.75) is 45.1 Å². The standard InChI is InChI=1S/C15H22FNO/c1-3-11-5-4-6-12(9-11)17-13-7-8-15(18-2)14(16)10-13/h7-8,10-12,17H,3-6,9H2,1-2H3. The minimum Gasteiger partial charge on any atom is -0.494 e. The maximum Gasteiger partial charge on any atom is 0.167 e. The molecule has 0 aromatic heterocycles. The maximum absolute atomic E-state index is 13.6. The molecule has 1 saturated carbocycles. The molecule has 0 bridgehead atoms. The molecule has 2 rings (SSSR count). The number of hydrogen-bond donors (Lipinski definition) is 1. The van der Waals surface area contributed by atoms with Gasteiger partial charge in [-0.15, -0.1) is 0 Å². The highest BCUT2D eigenvalue weighted by molar-refractivity contribution is 5.48. The van der Waals surface area contributed by atoms with Gasteiger partial charge in [0.05, 0.1) is 7.11 Å². The second-order valence-corrected chi connectivity index (χ2v) is 5.13. The molecule has 18 heavy (non-hydrogen) atoms. The summed E-state index contributed by atoms with van der Waals surface area (Å²) in [5, 5.41) is 3.44. The Kier molecular flexibility index (Phi) is 4.45. The molecular weight excluding hydrogens is 229 g/mol. The van der Waals surface area contributed by atoms with Gasteiger partial charge in [-0.1, -0.05) is 26.2 Å². The molecule has 0 amide bonds. The summed E-state index contributed by atoms with van der Waals surface area (Å²) in [5.41, 5.74) is 0.857. The van der Waals surface area contributed by atoms with Gasteiger partial charge in [0.1, 0.15) is 0 Å². The van der Waals surface area contributed by atoms with Gasteiger partial charge in [-0.3, -0.25) is 0 Å². The number of anilines is 1. The van der Waals surface area contributed by atoms with E-state index in [2.05, 4.69) is 12.2 Å². The molecule has 2 nitrogen and oxygen atoms in total. The first-order valence-electron chi connectivity index (χ1n) is 6.83. The zero-order chi connectivity index (χ0) is 13.0. The van der Waals surface area contributed by atoms with Crippen molar-refractivity contribution in [1.82, 2.24) is 0 Å². The highest BCUT2D eigenvalue weighted by Gasteiger charge is 2.20. The molecule has 1 aromatic carbocycles. The third-order valence-corrected chi connectivity index (χ3v) is 3.88. The summed E-state index contributed by atoms with van der Waals surface area (Å²) in [6, 6.07) is 5.57. The van der Waals surface area contributed by atoms with Gasteiger partial charge in [0.25, 0.3) is 0 Å². The molecule has 0 spiro atoms. The van der Waals surface area contributed by atoms with E-state index in [-0.39, 0.29) is 5.82 Å². The van der Waals surface area contributed by atoms with E-state index >= 15 is 0 Å². The first kappa shape index (κ1) is 13.2. The molecular formula is C15H22FNO. The van der Waals surface area contributed by atoms with Gasteiger partial charge in [-0.05, 0) is 30.9 Å². The monoisotopic (exact) mass is 251 g/mol. The van der Waals surface area contributed by atoms with Crippen molar-refractivity contribution in [1.29, 1.82) is 0 Å². The summed E-state index contributed by atoms with van der Waals surface area (Å²) in [5.74, 6) is 0.820. The Morgan fingerprint density at radius 1 is 1.39 bits per heavy atom. The third kappa shape index (κ3) is 3.15. The first-order chi connectivity index (χ1) is 8.72. The van der Waals surface area contributed by atoms with Gasteiger partial charge in [0, 0.05) is 17.8 Å². The van der Waals surface area contributed by atoms with E-state index in [0.717, 1.165) is 11.6 Å². The van der Waals surface area contributed by atoms with Crippen molar-refractivity contribution in [2.75, 3.05) is 12.4 Å². The lowest BCUT2D eigenvalue weighted by molar-refractivity contribution is 0.327. The average molecular weight is 251 g/mol. The molecule has 0 aliphatic heterocycles. The largest absolute Gasteiger partial charge is 0.494 e. The fourth-order valence-electron chi connectivity index (χ4n) is 2.78. The number of rotatable bonds is 4. The van der Waals surface area contributed by atoms with Crippen molar-refractivity contribution in [2.24, 2.45) is 5.92 Å². The van der Waals surface area contributed by atoms with E-state index in [9.17, 15) is 4.39 Å². The van der Waals surface area contributed by atoms with Crippen molar-refractivity contribution in [3.05, 3.63) is 24.0 Å². The Labute approximate surface area is 109 Å². The summed E-state index contributed by atoms with van der Waals surface area (Å²) in [6.07, 6.45) is 6.24. The smallest absolute Gasteiger partial charge is 0.167 e. The van der Waals surface area contributed by atoms with Crippen LogP contribution in [0, 0.1) is 11.7 Å². The van der Waals surface area contributed by atoms with E-state index in [4.69, 9.17) is 4.74 Å². The molecule has 2 atom stereocenters. The van der Waals surface area contributed by atoms with Crippen molar-refractivity contribution >= 4 is 5.69 Å². The van der Waals surface area contributed by atoms with Gasteiger partial charge in [0.15, 0.2) is 11.6 Å². The Morgan fingerprint density at radius 3 is 2.89 bits per heavy atom. The van der Waals surface area contributed by atoms with E-state index < -0.39 is 0 Å². The molecule has 1 aromatic rings. The minimum atomic E-state index is -0.301. The van der Waals surface area contributed by atoms with Crippen LogP contribution in [0.2, 0.25) is 0 Å². The molecule has 2 unspecified atom stereocenters. The maximum atomic E-state index is 13.6. The number of methoxy groups -OCH3 is 1. The first-order valence-corrected chi connectivity index (χ1v) is 6.83. The van der Waals surface area contributed by atoms with E-state index in [1.165, 1.54) is 45.3 Å². The molecule has 1 aliphatic rings. The lowest BCUT2D eigenvalue weighted by Crippen LogP contribution is -2.27. The van der Waals surface area contributed by atoms with E-state index in [0.29, 0.717) is 11.8 Å². The predicted octanol–water partition coefficient (Wildman–Crippen LogP) is 4.22. The van der Waals surface area contributed by atoms with Gasteiger partial charge in [0.2, 0.25) is 0 Å². The van der Waals surface area contributed by atoms with Crippen LogP contribution < -0.4 is 10.1 Å². The van der Waals surface area contributed by atoms with Crippen LogP contribution in [0.25, 0.3) is 0 Å². The lowest BCUT2D eigenvalue weighted by Gasteiger charge is -2.29. The lowest BCUT2D eigenvalue weighted by atomic mass is 9.84. The fourth-order valence-corrected chi connectivity index (χ4v) is 2.78. The zero-order valence-electron chi connectivity index (χ0n) is 11.2. The Hall–Kier alpha value is -1.25. The summed E-state index contributed by atoms with van der Waals surface area (Å²) < 4.78 is 18.5. The molecule has 3 heteroatoms. The fraction of sp³-hybridized carbons (Fsp3) is 0.600. The number of halogens is 1. The minimum absolute atomic E-state index is 0.301. The Morgan fingerprint density at radius 2 is 2.22 bits per heavy atom. The van der Waals surface area contributed by atoms with Crippen molar-refractivity contribution in [3.8, 4) is 5.75 Å². The van der Waals surface area contributed by atoms with E-state index in [1.54, 1.807) is 6.07 Å². The Balaban J connectivity index is 1.98. The number of benzene rings is 1. The van der Waals surface area contributed by atoms with Crippen LogP contribution in [0.15, 0.2) is 18.2 Å². The summed E-state index contributed by atoms with van der Waals surface area (Å²) in [6.45, 7) is 2.25.